The van der Waals surface area contributed by atoms with Crippen molar-refractivity contribution in [2.45, 2.75) is 46.6 Å². The van der Waals surface area contributed by atoms with Crippen molar-refractivity contribution >= 4 is 11.0 Å². The van der Waals surface area contributed by atoms with E-state index in [9.17, 15) is 4.39 Å². The quantitative estimate of drug-likeness (QED) is 0.882. The predicted octanol–water partition coefficient (Wildman–Crippen LogP) is 4.62. The molecule has 0 aliphatic carbocycles. The fourth-order valence-corrected chi connectivity index (χ4v) is 2.55. The second-order valence-corrected chi connectivity index (χ2v) is 6.79. The maximum atomic E-state index is 13.9. The molecule has 0 saturated heterocycles. The summed E-state index contributed by atoms with van der Waals surface area (Å²) in [4.78, 5) is 0. The summed E-state index contributed by atoms with van der Waals surface area (Å²) in [7, 11) is 0. The van der Waals surface area contributed by atoms with Gasteiger partial charge >= 0.3 is 0 Å². The fourth-order valence-electron chi connectivity index (χ4n) is 2.55. The Labute approximate surface area is 120 Å². The van der Waals surface area contributed by atoms with Crippen molar-refractivity contribution in [2.24, 2.45) is 5.92 Å². The standard InChI is InChI=1S/C17H24FNO/c1-11(2)9-19-10-14-15(17(3,4)5)12-7-6-8-13(18)16(12)20-14/h6-8,11,19H,9-10H2,1-5H3. The van der Waals surface area contributed by atoms with E-state index in [1.54, 1.807) is 6.07 Å². The van der Waals surface area contributed by atoms with Gasteiger partial charge < -0.3 is 9.73 Å². The molecule has 0 saturated carbocycles. The lowest BCUT2D eigenvalue weighted by Crippen LogP contribution is -2.21. The summed E-state index contributed by atoms with van der Waals surface area (Å²) in [5.74, 6) is 1.13. The van der Waals surface area contributed by atoms with E-state index in [0.29, 0.717) is 18.0 Å². The highest BCUT2D eigenvalue weighted by molar-refractivity contribution is 5.83. The van der Waals surface area contributed by atoms with E-state index < -0.39 is 0 Å². The smallest absolute Gasteiger partial charge is 0.170 e. The lowest BCUT2D eigenvalue weighted by molar-refractivity contribution is 0.457. The molecule has 0 aliphatic rings. The van der Waals surface area contributed by atoms with E-state index in [1.807, 2.05) is 6.07 Å². The molecule has 20 heavy (non-hydrogen) atoms. The van der Waals surface area contributed by atoms with Crippen LogP contribution in [0.25, 0.3) is 11.0 Å². The first-order chi connectivity index (χ1) is 9.30. The third kappa shape index (κ3) is 3.04. The first-order valence-corrected chi connectivity index (χ1v) is 7.21. The normalized spacial score (nSPS) is 12.6. The van der Waals surface area contributed by atoms with E-state index in [2.05, 4.69) is 39.9 Å². The number of rotatable bonds is 4. The molecule has 2 aromatic rings. The Morgan fingerprint density at radius 1 is 1.25 bits per heavy atom. The van der Waals surface area contributed by atoms with Crippen LogP contribution in [0.2, 0.25) is 0 Å². The van der Waals surface area contributed by atoms with Crippen molar-refractivity contribution in [3.63, 3.8) is 0 Å². The molecular formula is C17H24FNO. The summed E-state index contributed by atoms with van der Waals surface area (Å²) in [5.41, 5.74) is 1.40. The van der Waals surface area contributed by atoms with Crippen LogP contribution in [0.5, 0.6) is 0 Å². The lowest BCUT2D eigenvalue weighted by atomic mass is 9.84. The molecule has 1 aromatic heterocycles. The summed E-state index contributed by atoms with van der Waals surface area (Å²) in [6.07, 6.45) is 0. The summed E-state index contributed by atoms with van der Waals surface area (Å²) >= 11 is 0. The van der Waals surface area contributed by atoms with E-state index in [4.69, 9.17) is 4.42 Å². The first-order valence-electron chi connectivity index (χ1n) is 7.21. The Morgan fingerprint density at radius 2 is 1.95 bits per heavy atom. The van der Waals surface area contributed by atoms with Gasteiger partial charge in [-0.25, -0.2) is 4.39 Å². The van der Waals surface area contributed by atoms with Crippen LogP contribution in [0.15, 0.2) is 22.6 Å². The minimum absolute atomic E-state index is 0.0755. The zero-order valence-corrected chi connectivity index (χ0v) is 13.0. The van der Waals surface area contributed by atoms with E-state index in [-0.39, 0.29) is 11.2 Å². The topological polar surface area (TPSA) is 25.2 Å². The molecule has 0 unspecified atom stereocenters. The Kier molecular flexibility index (Phi) is 4.19. The Balaban J connectivity index is 2.44. The van der Waals surface area contributed by atoms with E-state index in [1.165, 1.54) is 6.07 Å². The predicted molar refractivity (Wildman–Crippen MR) is 81.4 cm³/mol. The van der Waals surface area contributed by atoms with E-state index >= 15 is 0 Å². The third-order valence-corrected chi connectivity index (χ3v) is 3.33. The number of benzene rings is 1. The van der Waals surface area contributed by atoms with Gasteiger partial charge in [0.1, 0.15) is 5.76 Å². The van der Waals surface area contributed by atoms with Gasteiger partial charge in [-0.2, -0.15) is 0 Å². The number of fused-ring (bicyclic) bond motifs is 1. The van der Waals surface area contributed by atoms with Crippen LogP contribution in [0.4, 0.5) is 4.39 Å². The molecule has 0 radical (unpaired) electrons. The van der Waals surface area contributed by atoms with Crippen LogP contribution >= 0.6 is 0 Å². The molecule has 0 fully saturated rings. The molecule has 0 amide bonds. The molecular weight excluding hydrogens is 253 g/mol. The minimum atomic E-state index is -0.289. The highest BCUT2D eigenvalue weighted by atomic mass is 19.1. The molecule has 1 aromatic carbocycles. The van der Waals surface area contributed by atoms with Crippen LogP contribution in [0.3, 0.4) is 0 Å². The Morgan fingerprint density at radius 3 is 2.55 bits per heavy atom. The Hall–Kier alpha value is -1.35. The molecule has 1 heterocycles. The van der Waals surface area contributed by atoms with Gasteiger partial charge in [-0.15, -0.1) is 0 Å². The zero-order valence-electron chi connectivity index (χ0n) is 13.0. The van der Waals surface area contributed by atoms with Crippen LogP contribution in [0.1, 0.15) is 45.9 Å². The van der Waals surface area contributed by atoms with E-state index in [0.717, 1.165) is 23.3 Å². The second-order valence-electron chi connectivity index (χ2n) is 6.79. The van der Waals surface area contributed by atoms with Crippen molar-refractivity contribution in [1.29, 1.82) is 0 Å². The molecule has 1 N–H and O–H groups in total. The van der Waals surface area contributed by atoms with Gasteiger partial charge in [-0.05, 0) is 23.9 Å². The van der Waals surface area contributed by atoms with Gasteiger partial charge in [-0.1, -0.05) is 46.8 Å². The number of hydrogen-bond donors (Lipinski definition) is 1. The third-order valence-electron chi connectivity index (χ3n) is 3.33. The Bertz CT molecular complexity index is 593. The summed E-state index contributed by atoms with van der Waals surface area (Å²) in [5, 5.41) is 4.27. The molecule has 110 valence electrons. The van der Waals surface area contributed by atoms with Gasteiger partial charge in [0.2, 0.25) is 0 Å². The van der Waals surface area contributed by atoms with Crippen molar-refractivity contribution in [1.82, 2.24) is 5.32 Å². The molecule has 0 spiro atoms. The highest BCUT2D eigenvalue weighted by Crippen LogP contribution is 2.36. The lowest BCUT2D eigenvalue weighted by Gasteiger charge is -2.19. The number of nitrogens with one attached hydrogen (secondary N) is 1. The second kappa shape index (κ2) is 5.57. The molecule has 3 heteroatoms. The van der Waals surface area contributed by atoms with Gasteiger partial charge in [0.25, 0.3) is 0 Å². The molecule has 0 aliphatic heterocycles. The van der Waals surface area contributed by atoms with Gasteiger partial charge in [0.15, 0.2) is 11.4 Å². The monoisotopic (exact) mass is 277 g/mol. The number of halogens is 1. The minimum Gasteiger partial charge on any atom is -0.456 e. The maximum absolute atomic E-state index is 13.9. The van der Waals surface area contributed by atoms with Crippen molar-refractivity contribution < 1.29 is 8.81 Å². The maximum Gasteiger partial charge on any atom is 0.170 e. The van der Waals surface area contributed by atoms with Crippen LogP contribution in [0, 0.1) is 11.7 Å². The summed E-state index contributed by atoms with van der Waals surface area (Å²) < 4.78 is 19.7. The SMILES string of the molecule is CC(C)CNCc1oc2c(F)cccc2c1C(C)(C)C. The molecule has 0 bridgehead atoms. The summed E-state index contributed by atoms with van der Waals surface area (Å²) in [6.45, 7) is 12.3. The van der Waals surface area contributed by atoms with Gasteiger partial charge in [0.05, 0.1) is 6.54 Å². The van der Waals surface area contributed by atoms with Crippen LogP contribution in [-0.4, -0.2) is 6.54 Å². The average molecular weight is 277 g/mol. The number of furan rings is 1. The molecule has 0 atom stereocenters. The van der Waals surface area contributed by atoms with Gasteiger partial charge in [-0.3, -0.25) is 0 Å². The van der Waals surface area contributed by atoms with Crippen LogP contribution < -0.4 is 5.32 Å². The van der Waals surface area contributed by atoms with Gasteiger partial charge in [0, 0.05) is 10.9 Å². The first kappa shape index (κ1) is 15.0. The summed E-state index contributed by atoms with van der Waals surface area (Å²) in [6, 6.07) is 5.13. The molecule has 2 rings (SSSR count). The van der Waals surface area contributed by atoms with Crippen molar-refractivity contribution in [2.75, 3.05) is 6.54 Å². The zero-order chi connectivity index (χ0) is 14.9. The highest BCUT2D eigenvalue weighted by Gasteiger charge is 2.26. The fraction of sp³-hybridized carbons (Fsp3) is 0.529. The van der Waals surface area contributed by atoms with Crippen molar-refractivity contribution in [3.8, 4) is 0 Å². The molecule has 2 nitrogen and oxygen atoms in total. The number of para-hydroxylation sites is 1. The largest absolute Gasteiger partial charge is 0.456 e. The number of hydrogen-bond acceptors (Lipinski definition) is 2. The van der Waals surface area contributed by atoms with Crippen LogP contribution in [-0.2, 0) is 12.0 Å². The van der Waals surface area contributed by atoms with Crippen molar-refractivity contribution in [3.05, 3.63) is 35.3 Å². The average Bonchev–Trinajstić information content (AvgIpc) is 2.68.